The minimum atomic E-state index is -0.640. The summed E-state index contributed by atoms with van der Waals surface area (Å²) < 4.78 is 4.45. The Balaban J connectivity index is 2.45. The minimum Gasteiger partial charge on any atom is -0.295 e. The summed E-state index contributed by atoms with van der Waals surface area (Å²) in [4.78, 5) is 9.36. The number of imidazole rings is 2. The zero-order chi connectivity index (χ0) is 14.6. The zero-order valence-corrected chi connectivity index (χ0v) is 13.2. The van der Waals surface area contributed by atoms with Gasteiger partial charge in [-0.2, -0.15) is 0 Å². The van der Waals surface area contributed by atoms with Gasteiger partial charge in [-0.15, -0.1) is 0 Å². The van der Waals surface area contributed by atoms with Gasteiger partial charge in [-0.25, -0.2) is 9.97 Å². The predicted octanol–water partition coefficient (Wildman–Crippen LogP) is 4.44. The number of fused-ring (bicyclic) bond motifs is 5. The van der Waals surface area contributed by atoms with Crippen molar-refractivity contribution in [3.05, 3.63) is 49.1 Å². The van der Waals surface area contributed by atoms with Crippen molar-refractivity contribution in [2.24, 2.45) is 0 Å². The van der Waals surface area contributed by atoms with E-state index < -0.39 is 7.53 Å². The molecule has 3 heterocycles. The SMILES string of the molecule is CC(C)(C)p1c2nccn2c2ccccc2n2ccnc21. The van der Waals surface area contributed by atoms with Crippen LogP contribution in [0.5, 0.6) is 0 Å². The monoisotopic (exact) mass is 296 g/mol. The molecule has 0 aliphatic rings. The molecule has 0 radical (unpaired) electrons. The van der Waals surface area contributed by atoms with Crippen molar-refractivity contribution in [1.29, 1.82) is 0 Å². The predicted molar refractivity (Wildman–Crippen MR) is 88.0 cm³/mol. The maximum Gasteiger partial charge on any atom is 0.160 e. The first-order valence-corrected chi connectivity index (χ1v) is 8.38. The van der Waals surface area contributed by atoms with E-state index in [1.165, 1.54) is 11.0 Å². The lowest BCUT2D eigenvalue weighted by Gasteiger charge is -2.19. The Morgan fingerprint density at radius 3 is 1.76 bits per heavy atom. The number of hydrogen-bond donors (Lipinski definition) is 0. The van der Waals surface area contributed by atoms with Crippen LogP contribution < -0.4 is 0 Å². The van der Waals surface area contributed by atoms with E-state index in [1.54, 1.807) is 0 Å². The number of hydrogen-bond acceptors (Lipinski definition) is 2. The molecule has 1 aromatic carbocycles. The molecule has 0 N–H and O–H groups in total. The van der Waals surface area contributed by atoms with E-state index in [0.29, 0.717) is 0 Å². The van der Waals surface area contributed by atoms with Gasteiger partial charge in [-0.05, 0) is 19.7 Å². The molecule has 0 unspecified atom stereocenters. The van der Waals surface area contributed by atoms with E-state index in [0.717, 1.165) is 10.8 Å². The lowest BCUT2D eigenvalue weighted by Crippen LogP contribution is -2.02. The highest BCUT2D eigenvalue weighted by molar-refractivity contribution is 7.59. The van der Waals surface area contributed by atoms with Crippen LogP contribution in [0.1, 0.15) is 20.8 Å². The zero-order valence-electron chi connectivity index (χ0n) is 12.4. The highest BCUT2D eigenvalue weighted by Gasteiger charge is 2.22. The number of nitrogens with zero attached hydrogens (tertiary/aromatic N) is 4. The Labute approximate surface area is 123 Å². The fourth-order valence-corrected chi connectivity index (χ4v) is 5.38. The van der Waals surface area contributed by atoms with Crippen LogP contribution in [-0.4, -0.2) is 18.8 Å². The molecular formula is C16H17N4P. The van der Waals surface area contributed by atoms with Crippen molar-refractivity contribution in [2.75, 3.05) is 0 Å². The molecule has 0 saturated heterocycles. The van der Waals surface area contributed by atoms with Gasteiger partial charge >= 0.3 is 0 Å². The van der Waals surface area contributed by atoms with Crippen LogP contribution >= 0.6 is 7.53 Å². The van der Waals surface area contributed by atoms with E-state index in [9.17, 15) is 0 Å². The van der Waals surface area contributed by atoms with Gasteiger partial charge in [0, 0.05) is 29.9 Å². The van der Waals surface area contributed by atoms with Gasteiger partial charge in [0.2, 0.25) is 0 Å². The van der Waals surface area contributed by atoms with Crippen molar-refractivity contribution in [3.63, 3.8) is 0 Å². The van der Waals surface area contributed by atoms with Crippen molar-refractivity contribution >= 4 is 29.3 Å². The normalized spacial score (nSPS) is 12.5. The summed E-state index contributed by atoms with van der Waals surface area (Å²) >= 11 is 0. The highest BCUT2D eigenvalue weighted by atomic mass is 31.1. The highest BCUT2D eigenvalue weighted by Crippen LogP contribution is 2.50. The first kappa shape index (κ1) is 12.7. The van der Waals surface area contributed by atoms with Gasteiger partial charge in [0.25, 0.3) is 0 Å². The summed E-state index contributed by atoms with van der Waals surface area (Å²) in [6.07, 6.45) is 7.90. The van der Waals surface area contributed by atoms with Gasteiger partial charge in [-0.3, -0.25) is 8.80 Å². The molecule has 0 spiro atoms. The number of benzene rings is 1. The Bertz CT molecular complexity index is 909. The molecule has 106 valence electrons. The Morgan fingerprint density at radius 2 is 1.33 bits per heavy atom. The largest absolute Gasteiger partial charge is 0.295 e. The molecule has 5 heteroatoms. The van der Waals surface area contributed by atoms with Crippen molar-refractivity contribution in [1.82, 2.24) is 18.8 Å². The van der Waals surface area contributed by atoms with Crippen LogP contribution in [0.2, 0.25) is 0 Å². The van der Waals surface area contributed by atoms with E-state index >= 15 is 0 Å². The Kier molecular flexibility index (Phi) is 2.54. The molecule has 21 heavy (non-hydrogen) atoms. The standard InChI is InChI=1S/C16H17N4P/c1-16(2,3)21-14-17-8-10-19(14)12-6-4-5-7-13(12)20-11-9-18-15(20)21/h4-11H,1-3H3. The first-order valence-electron chi connectivity index (χ1n) is 7.04. The van der Waals surface area contributed by atoms with Crippen LogP contribution in [0.15, 0.2) is 49.1 Å². The minimum absolute atomic E-state index is 0.101. The van der Waals surface area contributed by atoms with Crippen LogP contribution in [0.25, 0.3) is 21.8 Å². The molecule has 0 fully saturated rings. The molecule has 0 bridgehead atoms. The second kappa shape index (κ2) is 4.22. The van der Waals surface area contributed by atoms with Crippen LogP contribution in [-0.2, 0) is 5.16 Å². The van der Waals surface area contributed by atoms with Gasteiger partial charge in [0.05, 0.1) is 11.0 Å². The Hall–Kier alpha value is -2.06. The molecule has 0 saturated carbocycles. The summed E-state index contributed by atoms with van der Waals surface area (Å²) in [5.74, 6) is 0. The van der Waals surface area contributed by atoms with Crippen molar-refractivity contribution in [3.8, 4) is 0 Å². The van der Waals surface area contributed by atoms with E-state index in [-0.39, 0.29) is 5.16 Å². The molecule has 0 aliphatic heterocycles. The van der Waals surface area contributed by atoms with Gasteiger partial charge in [0.1, 0.15) is 0 Å². The van der Waals surface area contributed by atoms with E-state index in [4.69, 9.17) is 0 Å². The van der Waals surface area contributed by atoms with E-state index in [1.807, 2.05) is 12.4 Å². The van der Waals surface area contributed by atoms with E-state index in [2.05, 4.69) is 76.2 Å². The summed E-state index contributed by atoms with van der Waals surface area (Å²) in [6.45, 7) is 6.81. The lowest BCUT2D eigenvalue weighted by molar-refractivity contribution is 0.720. The third-order valence-corrected chi connectivity index (χ3v) is 6.52. The van der Waals surface area contributed by atoms with Crippen molar-refractivity contribution < 1.29 is 0 Å². The molecule has 4 nitrogen and oxygen atoms in total. The summed E-state index contributed by atoms with van der Waals surface area (Å²) in [7, 11) is -0.640. The maximum atomic E-state index is 4.68. The van der Waals surface area contributed by atoms with Crippen LogP contribution in [0, 0.1) is 0 Å². The number of para-hydroxylation sites is 2. The van der Waals surface area contributed by atoms with Crippen LogP contribution in [0.4, 0.5) is 0 Å². The molecule has 4 rings (SSSR count). The molecular weight excluding hydrogens is 279 g/mol. The van der Waals surface area contributed by atoms with Gasteiger partial charge < -0.3 is 0 Å². The summed E-state index contributed by atoms with van der Waals surface area (Å²) in [5.41, 5.74) is 2.33. The van der Waals surface area contributed by atoms with Gasteiger partial charge in [0.15, 0.2) is 10.8 Å². The summed E-state index contributed by atoms with van der Waals surface area (Å²) in [6, 6.07) is 8.44. The average Bonchev–Trinajstić information content (AvgIpc) is 3.06. The van der Waals surface area contributed by atoms with Crippen molar-refractivity contribution in [2.45, 2.75) is 25.9 Å². The molecule has 0 atom stereocenters. The average molecular weight is 296 g/mol. The first-order chi connectivity index (χ1) is 10.1. The molecule has 4 aromatic rings. The summed E-state index contributed by atoms with van der Waals surface area (Å²) in [5, 5.41) is 2.34. The smallest absolute Gasteiger partial charge is 0.160 e. The molecule has 0 amide bonds. The molecule has 0 aliphatic carbocycles. The quantitative estimate of drug-likeness (QED) is 0.481. The van der Waals surface area contributed by atoms with Gasteiger partial charge in [-0.1, -0.05) is 32.9 Å². The van der Waals surface area contributed by atoms with Crippen LogP contribution in [0.3, 0.4) is 0 Å². The number of aromatic nitrogens is 4. The molecule has 3 aromatic heterocycles. The fourth-order valence-electron chi connectivity index (χ4n) is 2.86. The number of rotatable bonds is 0. The second-order valence-corrected chi connectivity index (χ2v) is 9.00. The fraction of sp³-hybridized carbons (Fsp3) is 0.250. The topological polar surface area (TPSA) is 34.6 Å². The maximum absolute atomic E-state index is 4.68. The second-order valence-electron chi connectivity index (χ2n) is 6.19. The lowest BCUT2D eigenvalue weighted by atomic mass is 10.3. The third kappa shape index (κ3) is 1.76. The Morgan fingerprint density at radius 1 is 0.857 bits per heavy atom. The third-order valence-electron chi connectivity index (χ3n) is 3.71.